The highest BCUT2D eigenvalue weighted by atomic mass is 16.3. The van der Waals surface area contributed by atoms with E-state index in [1.807, 2.05) is 72.8 Å². The fourth-order valence-electron chi connectivity index (χ4n) is 9.48. The molecule has 0 aliphatic heterocycles. The number of para-hydroxylation sites is 3. The van der Waals surface area contributed by atoms with Gasteiger partial charge >= 0.3 is 0 Å². The summed E-state index contributed by atoms with van der Waals surface area (Å²) >= 11 is 0. The van der Waals surface area contributed by atoms with E-state index in [0.717, 1.165) is 99.3 Å². The van der Waals surface area contributed by atoms with Crippen LogP contribution in [0.2, 0.25) is 0 Å². The topological polar surface area (TPSA) is 74.6 Å². The van der Waals surface area contributed by atoms with Gasteiger partial charge in [-0.25, -0.2) is 9.97 Å². The summed E-state index contributed by atoms with van der Waals surface area (Å²) in [5, 5.41) is 4.48. The summed E-state index contributed by atoms with van der Waals surface area (Å²) in [6, 6.07) is 75.8. The molecule has 0 saturated heterocycles. The van der Waals surface area contributed by atoms with Crippen LogP contribution in [0.1, 0.15) is 0 Å². The molecule has 0 bridgehead atoms. The molecule has 7 nitrogen and oxygen atoms in total. The molecule has 0 atom stereocenters. The molecule has 0 aliphatic carbocycles. The summed E-state index contributed by atoms with van der Waals surface area (Å²) in [4.78, 5) is 20.6. The minimum Gasteiger partial charge on any atom is -0.435 e. The second kappa shape index (κ2) is 14.9. The molecule has 13 aromatic rings. The van der Waals surface area contributed by atoms with Gasteiger partial charge < -0.3 is 8.98 Å². The molecule has 0 saturated carbocycles. The van der Waals surface area contributed by atoms with Gasteiger partial charge in [0, 0.05) is 49.4 Å². The van der Waals surface area contributed by atoms with E-state index in [1.165, 1.54) is 0 Å². The van der Waals surface area contributed by atoms with Crippen LogP contribution in [-0.4, -0.2) is 29.1 Å². The Morgan fingerprint density at radius 1 is 0.338 bits per heavy atom. The summed E-state index contributed by atoms with van der Waals surface area (Å²) in [5.74, 6) is 2.35. The largest absolute Gasteiger partial charge is 0.435 e. The van der Waals surface area contributed by atoms with Gasteiger partial charge in [0.05, 0.1) is 27.8 Å². The molecule has 4 aromatic heterocycles. The molecule has 0 unspecified atom stereocenters. The molecule has 13 rings (SSSR count). The van der Waals surface area contributed by atoms with E-state index in [9.17, 15) is 0 Å². The number of fused-ring (bicyclic) bond motifs is 8. The van der Waals surface area contributed by atoms with Crippen molar-refractivity contribution in [2.45, 2.75) is 0 Å². The van der Waals surface area contributed by atoms with Crippen molar-refractivity contribution in [2.75, 3.05) is 0 Å². The molecule has 0 amide bonds. The Balaban J connectivity index is 1.12. The Labute approximate surface area is 373 Å². The maximum atomic E-state index is 6.57. The van der Waals surface area contributed by atoms with Crippen molar-refractivity contribution in [1.29, 1.82) is 0 Å². The molecule has 304 valence electrons. The SMILES string of the molecule is c1ccc(-c2nc(-c3ccccc3)nc(-n3c4ccccc4c4ccc5c6ccccc6n(-c6ccc(-c7cccc8nc(-c9ccccc9)oc78)cc6-c6ccccc6)c5c43)n2)cc1. The third-order valence-corrected chi connectivity index (χ3v) is 12.4. The molecule has 0 spiro atoms. The minimum absolute atomic E-state index is 0.543. The van der Waals surface area contributed by atoms with E-state index in [0.29, 0.717) is 23.5 Å². The number of hydrogen-bond donors (Lipinski definition) is 0. The molecule has 0 aliphatic rings. The van der Waals surface area contributed by atoms with Crippen LogP contribution >= 0.6 is 0 Å². The summed E-state index contributed by atoms with van der Waals surface area (Å²) < 4.78 is 11.3. The Morgan fingerprint density at radius 2 is 0.862 bits per heavy atom. The molecule has 0 radical (unpaired) electrons. The highest BCUT2D eigenvalue weighted by Crippen LogP contribution is 2.44. The first kappa shape index (κ1) is 36.7. The number of benzene rings is 9. The third kappa shape index (κ3) is 5.98. The van der Waals surface area contributed by atoms with Crippen LogP contribution < -0.4 is 0 Å². The Hall–Kier alpha value is -8.94. The maximum absolute atomic E-state index is 6.57. The Morgan fingerprint density at radius 3 is 1.48 bits per heavy atom. The van der Waals surface area contributed by atoms with Crippen LogP contribution in [0.5, 0.6) is 0 Å². The van der Waals surface area contributed by atoms with E-state index >= 15 is 0 Å². The van der Waals surface area contributed by atoms with Crippen molar-refractivity contribution in [3.05, 3.63) is 218 Å². The summed E-state index contributed by atoms with van der Waals surface area (Å²) in [7, 11) is 0. The maximum Gasteiger partial charge on any atom is 0.238 e. The predicted octanol–water partition coefficient (Wildman–Crippen LogP) is 14.5. The van der Waals surface area contributed by atoms with Crippen molar-refractivity contribution in [3.8, 4) is 68.1 Å². The molecule has 0 N–H and O–H groups in total. The zero-order valence-corrected chi connectivity index (χ0v) is 34.9. The quantitative estimate of drug-likeness (QED) is 0.160. The van der Waals surface area contributed by atoms with Crippen LogP contribution in [0.3, 0.4) is 0 Å². The standard InChI is InChI=1S/C58H36N6O/c1-5-18-37(19-6-1)47-36-41(42-28-17-29-48-54(42)65-57(59-48)40-24-11-4-12-25-40)32-35-51(47)63-49-30-15-13-26-43(49)45-33-34-46-44-27-14-16-31-50(44)64(53(46)52(45)63)58-61-55(38-20-7-2-8-21-38)60-56(62-58)39-22-9-3-10-23-39/h1-36H. The number of nitrogens with zero attached hydrogens (tertiary/aromatic N) is 6. The van der Waals surface area contributed by atoms with Gasteiger partial charge in [-0.1, -0.05) is 176 Å². The smallest absolute Gasteiger partial charge is 0.238 e. The van der Waals surface area contributed by atoms with Crippen LogP contribution in [-0.2, 0) is 0 Å². The number of aromatic nitrogens is 6. The first-order valence-corrected chi connectivity index (χ1v) is 21.7. The lowest BCUT2D eigenvalue weighted by Crippen LogP contribution is -2.07. The van der Waals surface area contributed by atoms with Crippen molar-refractivity contribution < 1.29 is 4.42 Å². The van der Waals surface area contributed by atoms with Gasteiger partial charge in [-0.3, -0.25) is 4.57 Å². The highest BCUT2D eigenvalue weighted by Gasteiger charge is 2.25. The van der Waals surface area contributed by atoms with Crippen molar-refractivity contribution in [1.82, 2.24) is 29.1 Å². The van der Waals surface area contributed by atoms with Crippen molar-refractivity contribution >= 4 is 54.7 Å². The third-order valence-electron chi connectivity index (χ3n) is 12.4. The summed E-state index contributed by atoms with van der Waals surface area (Å²) in [6.07, 6.45) is 0. The first-order chi connectivity index (χ1) is 32.2. The van der Waals surface area contributed by atoms with Gasteiger partial charge in [0.2, 0.25) is 11.8 Å². The minimum atomic E-state index is 0.543. The van der Waals surface area contributed by atoms with E-state index in [1.54, 1.807) is 0 Å². The second-order valence-electron chi connectivity index (χ2n) is 16.2. The Kier molecular flexibility index (Phi) is 8.39. The van der Waals surface area contributed by atoms with Gasteiger partial charge in [0.15, 0.2) is 17.2 Å². The fraction of sp³-hybridized carbons (Fsp3) is 0. The molecule has 0 fully saturated rings. The van der Waals surface area contributed by atoms with Crippen molar-refractivity contribution in [3.63, 3.8) is 0 Å². The van der Waals surface area contributed by atoms with Crippen LogP contribution in [0.25, 0.3) is 123 Å². The molecule has 4 heterocycles. The van der Waals surface area contributed by atoms with E-state index in [4.69, 9.17) is 24.4 Å². The fourth-order valence-corrected chi connectivity index (χ4v) is 9.48. The van der Waals surface area contributed by atoms with Gasteiger partial charge in [-0.2, -0.15) is 9.97 Å². The predicted molar refractivity (Wildman–Crippen MR) is 263 cm³/mol. The van der Waals surface area contributed by atoms with E-state index in [-0.39, 0.29) is 0 Å². The lowest BCUT2D eigenvalue weighted by atomic mass is 9.96. The van der Waals surface area contributed by atoms with Gasteiger partial charge in [-0.15, -0.1) is 0 Å². The number of rotatable bonds is 7. The van der Waals surface area contributed by atoms with Crippen LogP contribution in [0.4, 0.5) is 0 Å². The molecule has 65 heavy (non-hydrogen) atoms. The normalized spacial score (nSPS) is 11.7. The van der Waals surface area contributed by atoms with E-state index < -0.39 is 0 Å². The molecular weight excluding hydrogens is 797 g/mol. The van der Waals surface area contributed by atoms with Gasteiger partial charge in [0.25, 0.3) is 0 Å². The van der Waals surface area contributed by atoms with Crippen LogP contribution in [0.15, 0.2) is 223 Å². The average Bonchev–Trinajstić information content (AvgIpc) is 4.08. The lowest BCUT2D eigenvalue weighted by Gasteiger charge is -2.17. The zero-order chi connectivity index (χ0) is 42.8. The number of hydrogen-bond acceptors (Lipinski definition) is 5. The molecular formula is C58H36N6O. The summed E-state index contributed by atoms with van der Waals surface area (Å²) in [6.45, 7) is 0. The Bertz CT molecular complexity index is 3870. The van der Waals surface area contributed by atoms with Gasteiger partial charge in [0.1, 0.15) is 5.52 Å². The zero-order valence-electron chi connectivity index (χ0n) is 34.9. The molecule has 9 aromatic carbocycles. The monoisotopic (exact) mass is 832 g/mol. The lowest BCUT2D eigenvalue weighted by molar-refractivity contribution is 0.621. The first-order valence-electron chi connectivity index (χ1n) is 21.7. The second-order valence-corrected chi connectivity index (χ2v) is 16.2. The van der Waals surface area contributed by atoms with Gasteiger partial charge in [-0.05, 0) is 53.6 Å². The van der Waals surface area contributed by atoms with Crippen molar-refractivity contribution in [2.24, 2.45) is 0 Å². The number of oxazole rings is 1. The van der Waals surface area contributed by atoms with E-state index in [2.05, 4.69) is 155 Å². The van der Waals surface area contributed by atoms with Crippen LogP contribution in [0, 0.1) is 0 Å². The molecule has 7 heteroatoms. The highest BCUT2D eigenvalue weighted by molar-refractivity contribution is 6.24. The average molecular weight is 833 g/mol. The summed E-state index contributed by atoms with van der Waals surface area (Å²) in [5.41, 5.74) is 13.7.